The minimum Gasteiger partial charge on any atom is -0.491 e. The molecule has 0 aliphatic rings. The summed E-state index contributed by atoms with van der Waals surface area (Å²) < 4.78 is 10.3. The van der Waals surface area contributed by atoms with Gasteiger partial charge in [0.25, 0.3) is 0 Å². The first-order chi connectivity index (χ1) is 11.6. The predicted molar refractivity (Wildman–Crippen MR) is 93.6 cm³/mol. The normalized spacial score (nSPS) is 11.6. The van der Waals surface area contributed by atoms with Gasteiger partial charge in [-0.25, -0.2) is 0 Å². The minimum absolute atomic E-state index is 0.0541. The van der Waals surface area contributed by atoms with E-state index in [0.717, 1.165) is 5.69 Å². The maximum atomic E-state index is 11.6. The fourth-order valence-electron chi connectivity index (χ4n) is 2.15. The number of hydrogen-bond acceptors (Lipinski definition) is 5. The number of para-hydroxylation sites is 1. The molecule has 1 unspecified atom stereocenters. The van der Waals surface area contributed by atoms with Gasteiger partial charge >= 0.3 is 5.97 Å². The van der Waals surface area contributed by atoms with Crippen LogP contribution in [-0.4, -0.2) is 44.0 Å². The van der Waals surface area contributed by atoms with Gasteiger partial charge in [-0.2, -0.15) is 0 Å². The van der Waals surface area contributed by atoms with Crippen LogP contribution in [0.4, 0.5) is 5.69 Å². The van der Waals surface area contributed by atoms with Gasteiger partial charge < -0.3 is 19.5 Å². The number of methoxy groups -OCH3 is 1. The summed E-state index contributed by atoms with van der Waals surface area (Å²) in [6, 6.07) is 16.3. The molecule has 0 saturated heterocycles. The molecule has 0 fully saturated rings. The van der Waals surface area contributed by atoms with Crippen LogP contribution in [0, 0.1) is 0 Å². The Kier molecular flexibility index (Phi) is 6.90. The van der Waals surface area contributed by atoms with Crippen LogP contribution in [0.2, 0.25) is 5.02 Å². The van der Waals surface area contributed by atoms with E-state index in [1.807, 2.05) is 30.3 Å². The molecule has 2 aromatic rings. The fraction of sp³-hybridized carbons (Fsp3) is 0.278. The van der Waals surface area contributed by atoms with E-state index < -0.39 is 6.10 Å². The zero-order valence-corrected chi connectivity index (χ0v) is 14.1. The highest BCUT2D eigenvalue weighted by Crippen LogP contribution is 2.17. The van der Waals surface area contributed by atoms with E-state index in [9.17, 15) is 9.90 Å². The van der Waals surface area contributed by atoms with Crippen molar-refractivity contribution in [3.05, 3.63) is 59.6 Å². The van der Waals surface area contributed by atoms with Gasteiger partial charge in [-0.1, -0.05) is 29.8 Å². The van der Waals surface area contributed by atoms with Crippen molar-refractivity contribution >= 4 is 23.3 Å². The number of halogens is 1. The minimum atomic E-state index is -0.773. The lowest BCUT2D eigenvalue weighted by Crippen LogP contribution is -2.39. The summed E-state index contributed by atoms with van der Waals surface area (Å²) in [5.41, 5.74) is 0.827. The highest BCUT2D eigenvalue weighted by Gasteiger charge is 2.16. The number of aliphatic hydroxyl groups is 1. The van der Waals surface area contributed by atoms with Gasteiger partial charge in [0.05, 0.1) is 7.11 Å². The van der Waals surface area contributed by atoms with Crippen molar-refractivity contribution in [3.63, 3.8) is 0 Å². The summed E-state index contributed by atoms with van der Waals surface area (Å²) in [6.45, 7) is 0.400. The number of carbonyl (C=O) groups excluding carboxylic acids is 1. The largest absolute Gasteiger partial charge is 0.491 e. The SMILES string of the molecule is COC(=O)CN(CC(O)COc1ccc(Cl)cc1)c1ccccc1. The van der Waals surface area contributed by atoms with Gasteiger partial charge in [0.2, 0.25) is 0 Å². The van der Waals surface area contributed by atoms with Crippen LogP contribution in [0.3, 0.4) is 0 Å². The van der Waals surface area contributed by atoms with Crippen LogP contribution in [0.25, 0.3) is 0 Å². The first kappa shape index (κ1) is 18.1. The van der Waals surface area contributed by atoms with E-state index in [-0.39, 0.29) is 25.7 Å². The second kappa shape index (κ2) is 9.15. The predicted octanol–water partition coefficient (Wildman–Crippen LogP) is 2.76. The molecule has 0 saturated carbocycles. The first-order valence-electron chi connectivity index (χ1n) is 7.51. The van der Waals surface area contributed by atoms with E-state index >= 15 is 0 Å². The zero-order valence-electron chi connectivity index (χ0n) is 13.4. The van der Waals surface area contributed by atoms with E-state index in [1.54, 1.807) is 29.2 Å². The molecule has 0 aliphatic carbocycles. The molecule has 5 nitrogen and oxygen atoms in total. The molecule has 1 atom stereocenters. The second-order valence-electron chi connectivity index (χ2n) is 5.21. The Bertz CT molecular complexity index is 633. The molecule has 2 rings (SSSR count). The van der Waals surface area contributed by atoms with Crippen molar-refractivity contribution in [3.8, 4) is 5.75 Å². The van der Waals surface area contributed by atoms with Gasteiger partial charge in [0.1, 0.15) is 25.0 Å². The Hall–Kier alpha value is -2.24. The van der Waals surface area contributed by atoms with Gasteiger partial charge in [-0.05, 0) is 36.4 Å². The van der Waals surface area contributed by atoms with Crippen molar-refractivity contribution in [2.24, 2.45) is 0 Å². The van der Waals surface area contributed by atoms with Crippen molar-refractivity contribution in [2.75, 3.05) is 31.7 Å². The molecule has 0 spiro atoms. The molecule has 6 heteroatoms. The number of esters is 1. The van der Waals surface area contributed by atoms with E-state index in [1.165, 1.54) is 7.11 Å². The average molecular weight is 350 g/mol. The third-order valence-electron chi connectivity index (χ3n) is 3.36. The molecule has 0 aromatic heterocycles. The molecular weight excluding hydrogens is 330 g/mol. The molecule has 24 heavy (non-hydrogen) atoms. The Labute approximate surface area is 146 Å². The topological polar surface area (TPSA) is 59.0 Å². The monoisotopic (exact) mass is 349 g/mol. The van der Waals surface area contributed by atoms with Crippen LogP contribution in [0.15, 0.2) is 54.6 Å². The number of aliphatic hydroxyl groups excluding tert-OH is 1. The number of carbonyl (C=O) groups is 1. The smallest absolute Gasteiger partial charge is 0.325 e. The highest BCUT2D eigenvalue weighted by atomic mass is 35.5. The first-order valence-corrected chi connectivity index (χ1v) is 7.89. The Morgan fingerprint density at radius 1 is 1.17 bits per heavy atom. The molecule has 0 bridgehead atoms. The van der Waals surface area contributed by atoms with E-state index in [0.29, 0.717) is 10.8 Å². The van der Waals surface area contributed by atoms with Crippen molar-refractivity contribution in [1.82, 2.24) is 0 Å². The maximum absolute atomic E-state index is 11.6. The van der Waals surface area contributed by atoms with Crippen LogP contribution < -0.4 is 9.64 Å². The number of benzene rings is 2. The van der Waals surface area contributed by atoms with Crippen LogP contribution >= 0.6 is 11.6 Å². The van der Waals surface area contributed by atoms with Crippen LogP contribution in [0.1, 0.15) is 0 Å². The maximum Gasteiger partial charge on any atom is 0.325 e. The third-order valence-corrected chi connectivity index (χ3v) is 3.61. The number of ether oxygens (including phenoxy) is 2. The number of nitrogens with zero attached hydrogens (tertiary/aromatic N) is 1. The number of anilines is 1. The summed E-state index contributed by atoms with van der Waals surface area (Å²) in [6.07, 6.45) is -0.773. The Morgan fingerprint density at radius 2 is 1.83 bits per heavy atom. The van der Waals surface area contributed by atoms with E-state index in [4.69, 9.17) is 21.1 Å². The summed E-state index contributed by atoms with van der Waals surface area (Å²) in [5, 5.41) is 10.9. The quantitative estimate of drug-likeness (QED) is 0.743. The fourth-order valence-corrected chi connectivity index (χ4v) is 2.28. The molecule has 0 aliphatic heterocycles. The number of rotatable bonds is 8. The van der Waals surface area contributed by atoms with Gasteiger partial charge in [0, 0.05) is 17.3 Å². The summed E-state index contributed by atoms with van der Waals surface area (Å²) in [7, 11) is 1.34. The van der Waals surface area contributed by atoms with Crippen molar-refractivity contribution < 1.29 is 19.4 Å². The zero-order chi connectivity index (χ0) is 17.4. The Morgan fingerprint density at radius 3 is 2.46 bits per heavy atom. The standard InChI is InChI=1S/C18H20ClNO4/c1-23-18(22)12-20(15-5-3-2-4-6-15)11-16(21)13-24-17-9-7-14(19)8-10-17/h2-10,16,21H,11-13H2,1H3. The van der Waals surface area contributed by atoms with Crippen LogP contribution in [-0.2, 0) is 9.53 Å². The molecular formula is C18H20ClNO4. The third kappa shape index (κ3) is 5.76. The number of hydrogen-bond donors (Lipinski definition) is 1. The molecule has 0 radical (unpaired) electrons. The van der Waals surface area contributed by atoms with Crippen LogP contribution in [0.5, 0.6) is 5.75 Å². The lowest BCUT2D eigenvalue weighted by molar-refractivity contribution is -0.139. The molecule has 2 aromatic carbocycles. The molecule has 0 amide bonds. The van der Waals surface area contributed by atoms with Gasteiger partial charge in [-0.3, -0.25) is 4.79 Å². The lowest BCUT2D eigenvalue weighted by Gasteiger charge is -2.26. The van der Waals surface area contributed by atoms with E-state index in [2.05, 4.69) is 0 Å². The second-order valence-corrected chi connectivity index (χ2v) is 5.65. The van der Waals surface area contributed by atoms with Gasteiger partial charge in [0.15, 0.2) is 0 Å². The average Bonchev–Trinajstić information content (AvgIpc) is 2.61. The molecule has 0 heterocycles. The van der Waals surface area contributed by atoms with Crippen molar-refractivity contribution in [2.45, 2.75) is 6.10 Å². The lowest BCUT2D eigenvalue weighted by atomic mass is 10.2. The molecule has 128 valence electrons. The summed E-state index contributed by atoms with van der Waals surface area (Å²) in [5.74, 6) is 0.252. The Balaban J connectivity index is 1.94. The summed E-state index contributed by atoms with van der Waals surface area (Å²) >= 11 is 5.82. The molecule has 1 N–H and O–H groups in total. The highest BCUT2D eigenvalue weighted by molar-refractivity contribution is 6.30. The van der Waals surface area contributed by atoms with Gasteiger partial charge in [-0.15, -0.1) is 0 Å². The summed E-state index contributed by atoms with van der Waals surface area (Å²) in [4.78, 5) is 13.4. The van der Waals surface area contributed by atoms with Crippen molar-refractivity contribution in [1.29, 1.82) is 0 Å².